The second kappa shape index (κ2) is 1.52. The van der Waals surface area contributed by atoms with Gasteiger partial charge in [-0.1, -0.05) is 13.3 Å². The zero-order valence-corrected chi connectivity index (χ0v) is 10.1. The molecule has 0 saturated heterocycles. The van der Waals surface area contributed by atoms with E-state index in [1.54, 1.807) is 32.1 Å². The largest absolute Gasteiger partial charge is 0.0585 e. The highest BCUT2D eigenvalue weighted by atomic mass is 15.1. The highest BCUT2D eigenvalue weighted by Gasteiger charge is 3.08. The molecule has 0 bridgehead atoms. The first-order chi connectivity index (χ1) is 7.80. The summed E-state index contributed by atoms with van der Waals surface area (Å²) >= 11 is 0. The third-order valence-electron chi connectivity index (χ3n) is 9.94. The van der Waals surface area contributed by atoms with Crippen molar-refractivity contribution in [3.8, 4) is 0 Å². The average Bonchev–Trinajstić information content (AvgIpc) is 2.17. The van der Waals surface area contributed by atoms with Crippen LogP contribution in [0.2, 0.25) is 0 Å². The van der Waals surface area contributed by atoms with E-state index in [2.05, 4.69) is 6.92 Å². The third-order valence-corrected chi connectivity index (χ3v) is 9.94. The summed E-state index contributed by atoms with van der Waals surface area (Å²) in [5.41, 5.74) is 2.93. The molecule has 7 fully saturated rings. The van der Waals surface area contributed by atoms with E-state index < -0.39 is 0 Å². The van der Waals surface area contributed by atoms with E-state index in [0.29, 0.717) is 0 Å². The summed E-state index contributed by atoms with van der Waals surface area (Å²) in [5.74, 6) is 8.74. The predicted molar refractivity (Wildman–Crippen MR) is 60.5 cm³/mol. The first-order valence-electron chi connectivity index (χ1n) is 7.80. The smallest absolute Gasteiger partial charge is 0.0106 e. The summed E-state index contributed by atoms with van der Waals surface area (Å²) in [5, 5.41) is 0. The normalized spacial score (nSPS) is 90.9. The van der Waals surface area contributed by atoms with Gasteiger partial charge in [0.15, 0.2) is 0 Å². The highest BCUT2D eigenvalue weighted by molar-refractivity contribution is 5.54. The Morgan fingerprint density at radius 2 is 1.50 bits per heavy atom. The second-order valence-electron chi connectivity index (χ2n) is 8.66. The van der Waals surface area contributed by atoms with Crippen molar-refractivity contribution >= 4 is 0 Å². The van der Waals surface area contributed by atoms with Crippen LogP contribution in [-0.4, -0.2) is 0 Å². The van der Waals surface area contributed by atoms with Crippen LogP contribution in [-0.2, 0) is 0 Å². The van der Waals surface area contributed by atoms with E-state index in [4.69, 9.17) is 0 Å². The molecule has 0 aromatic rings. The molecule has 0 heteroatoms. The van der Waals surface area contributed by atoms with Gasteiger partial charge in [0.05, 0.1) is 0 Å². The zero-order chi connectivity index (χ0) is 10.1. The fraction of sp³-hybridized carbons (Fsp3) is 1.00. The Morgan fingerprint density at radius 3 is 2.06 bits per heavy atom. The fourth-order valence-corrected chi connectivity index (χ4v) is 10.5. The topological polar surface area (TPSA) is 0 Å². The Kier molecular flexibility index (Phi) is 0.706. The molecule has 7 rings (SSSR count). The summed E-state index contributed by atoms with van der Waals surface area (Å²) in [6.45, 7) is 2.74. The van der Waals surface area contributed by atoms with E-state index in [1.807, 2.05) is 0 Å². The van der Waals surface area contributed by atoms with Gasteiger partial charge in [0.25, 0.3) is 0 Å². The molecule has 0 nitrogen and oxygen atoms in total. The van der Waals surface area contributed by atoms with E-state index in [-0.39, 0.29) is 0 Å². The number of rotatable bonds is 0. The molecule has 7 saturated carbocycles. The van der Waals surface area contributed by atoms with Crippen LogP contribution in [0.4, 0.5) is 0 Å². The van der Waals surface area contributed by atoms with Crippen molar-refractivity contribution < 1.29 is 0 Å². The number of hydrogen-bond acceptors (Lipinski definition) is 0. The van der Waals surface area contributed by atoms with Gasteiger partial charge in [-0.25, -0.2) is 0 Å². The fourth-order valence-electron chi connectivity index (χ4n) is 10.5. The molecule has 0 aliphatic heterocycles. The molecule has 84 valence electrons. The molecular weight excluding hydrogens is 192 g/mol. The van der Waals surface area contributed by atoms with Crippen molar-refractivity contribution in [2.45, 2.75) is 39.0 Å². The summed E-state index contributed by atoms with van der Waals surface area (Å²) < 4.78 is 0. The maximum atomic E-state index is 2.74. The minimum atomic E-state index is 0.896. The summed E-state index contributed by atoms with van der Waals surface area (Å²) in [4.78, 5) is 0. The van der Waals surface area contributed by atoms with Crippen molar-refractivity contribution in [2.24, 2.45) is 57.7 Å². The molecule has 7 aliphatic carbocycles. The monoisotopic (exact) mass is 212 g/mol. The molecule has 0 aromatic heterocycles. The van der Waals surface area contributed by atoms with Gasteiger partial charge in [0.1, 0.15) is 0 Å². The molecule has 7 aliphatic rings. The Hall–Kier alpha value is 0. The molecule has 0 aromatic carbocycles. The van der Waals surface area contributed by atoms with Crippen LogP contribution in [0.3, 0.4) is 0 Å². The SMILES string of the molecule is CC12C3CCCC1C1C4CC5CC6C3C12C564. The summed E-state index contributed by atoms with van der Waals surface area (Å²) in [6.07, 6.45) is 8.17. The van der Waals surface area contributed by atoms with Crippen LogP contribution in [0.25, 0.3) is 0 Å². The lowest BCUT2D eigenvalue weighted by atomic mass is 8.92. The van der Waals surface area contributed by atoms with Crippen LogP contribution in [0.15, 0.2) is 0 Å². The Morgan fingerprint density at radius 1 is 0.875 bits per heavy atom. The first-order valence-corrected chi connectivity index (χ1v) is 7.80. The first kappa shape index (κ1) is 7.44. The third kappa shape index (κ3) is 0.292. The van der Waals surface area contributed by atoms with Gasteiger partial charge >= 0.3 is 0 Å². The summed E-state index contributed by atoms with van der Waals surface area (Å²) in [6, 6.07) is 0. The molecule has 16 heavy (non-hydrogen) atoms. The van der Waals surface area contributed by atoms with Crippen molar-refractivity contribution in [1.82, 2.24) is 0 Å². The molecular formula is C16H20. The predicted octanol–water partition coefficient (Wildman–Crippen LogP) is 3.32. The Balaban J connectivity index is 1.53. The average molecular weight is 212 g/mol. The summed E-state index contributed by atoms with van der Waals surface area (Å²) in [7, 11) is 0. The highest BCUT2D eigenvalue weighted by Crippen LogP contribution is 3.12. The van der Waals surface area contributed by atoms with Gasteiger partial charge in [-0.3, -0.25) is 0 Å². The van der Waals surface area contributed by atoms with Gasteiger partial charge in [0, 0.05) is 0 Å². The molecule has 0 radical (unpaired) electrons. The lowest BCUT2D eigenvalue weighted by Gasteiger charge is -3.12. The van der Waals surface area contributed by atoms with Crippen molar-refractivity contribution in [3.05, 3.63) is 0 Å². The number of hydrogen-bond donors (Lipinski definition) is 0. The minimum Gasteiger partial charge on any atom is -0.0585 e. The molecule has 0 amide bonds. The molecule has 0 N–H and O–H groups in total. The zero-order valence-electron chi connectivity index (χ0n) is 10.1. The van der Waals surface area contributed by atoms with E-state index in [1.165, 1.54) is 41.4 Å². The maximum Gasteiger partial charge on any atom is -0.0106 e. The number of fused-ring (bicyclic) bond motifs is 4. The van der Waals surface area contributed by atoms with Crippen LogP contribution in [0.1, 0.15) is 39.0 Å². The van der Waals surface area contributed by atoms with E-state index in [9.17, 15) is 0 Å². The van der Waals surface area contributed by atoms with Gasteiger partial charge in [-0.05, 0) is 83.4 Å². The van der Waals surface area contributed by atoms with Crippen molar-refractivity contribution in [1.29, 1.82) is 0 Å². The second-order valence-corrected chi connectivity index (χ2v) is 8.66. The standard InChI is InChI=1S/C16H20/c1-14-8-3-2-4-9(14)13-11-6-7-5-10-12(8)16(13,14)15(7,10)11/h7-13H,2-6H2,1H3. The van der Waals surface area contributed by atoms with Crippen LogP contribution in [0.5, 0.6) is 0 Å². The molecule has 6 atom stereocenters. The van der Waals surface area contributed by atoms with Gasteiger partial charge in [-0.15, -0.1) is 0 Å². The van der Waals surface area contributed by atoms with Gasteiger partial charge in [0.2, 0.25) is 0 Å². The van der Waals surface area contributed by atoms with Crippen molar-refractivity contribution in [3.63, 3.8) is 0 Å². The minimum absolute atomic E-state index is 0.896. The van der Waals surface area contributed by atoms with E-state index in [0.717, 1.165) is 16.2 Å². The molecule has 0 heterocycles. The van der Waals surface area contributed by atoms with E-state index >= 15 is 0 Å². The maximum absolute atomic E-state index is 2.74. The van der Waals surface area contributed by atoms with Crippen molar-refractivity contribution in [2.75, 3.05) is 0 Å². The lowest BCUT2D eigenvalue weighted by molar-refractivity contribution is -0.654. The molecule has 6 unspecified atom stereocenters. The van der Waals surface area contributed by atoms with Gasteiger partial charge < -0.3 is 0 Å². The Labute approximate surface area is 97.2 Å². The van der Waals surface area contributed by atoms with Crippen LogP contribution < -0.4 is 0 Å². The molecule has 2 spiro atoms. The van der Waals surface area contributed by atoms with Gasteiger partial charge in [-0.2, -0.15) is 0 Å². The van der Waals surface area contributed by atoms with Crippen LogP contribution >= 0.6 is 0 Å². The van der Waals surface area contributed by atoms with Crippen LogP contribution in [0, 0.1) is 57.7 Å². The quantitative estimate of drug-likeness (QED) is 0.578. The Bertz CT molecular complexity index is 444. The lowest BCUT2D eigenvalue weighted by Crippen LogP contribution is -3.08.